The highest BCUT2D eigenvalue weighted by molar-refractivity contribution is 5.96. The summed E-state index contributed by atoms with van der Waals surface area (Å²) in [6.45, 7) is 9.33. The normalized spacial score (nSPS) is 10.6. The average Bonchev–Trinajstić information content (AvgIpc) is 2.77. The number of nitrogens with one attached hydrogen (secondary N) is 1. The SMILES string of the molecule is CCOc1ccc(C=NNC(=O)c2cc(OCC)c(OCC)c(OCC)c2)cc1OC. The number of hydrazone groups is 1. The van der Waals surface area contributed by atoms with Crippen molar-refractivity contribution in [2.24, 2.45) is 5.10 Å². The summed E-state index contributed by atoms with van der Waals surface area (Å²) in [5.74, 6) is 2.20. The first-order valence-electron chi connectivity index (χ1n) is 10.3. The highest BCUT2D eigenvalue weighted by Gasteiger charge is 2.18. The molecule has 0 bridgehead atoms. The molecule has 0 heterocycles. The van der Waals surface area contributed by atoms with Gasteiger partial charge in [-0.15, -0.1) is 0 Å². The first-order valence-corrected chi connectivity index (χ1v) is 10.3. The number of methoxy groups -OCH3 is 1. The van der Waals surface area contributed by atoms with Crippen molar-refractivity contribution < 1.29 is 28.5 Å². The zero-order valence-electron chi connectivity index (χ0n) is 18.7. The lowest BCUT2D eigenvalue weighted by atomic mass is 10.1. The summed E-state index contributed by atoms with van der Waals surface area (Å²) in [7, 11) is 1.57. The fourth-order valence-corrected chi connectivity index (χ4v) is 2.79. The molecule has 0 aromatic heterocycles. The third-order valence-corrected chi connectivity index (χ3v) is 4.04. The molecule has 168 valence electrons. The number of benzene rings is 2. The van der Waals surface area contributed by atoms with Crippen LogP contribution in [0.15, 0.2) is 35.4 Å². The number of carbonyl (C=O) groups excluding carboxylic acids is 1. The van der Waals surface area contributed by atoms with Crippen LogP contribution in [0.4, 0.5) is 0 Å². The van der Waals surface area contributed by atoms with Gasteiger partial charge in [0.05, 0.1) is 39.8 Å². The fourth-order valence-electron chi connectivity index (χ4n) is 2.79. The molecule has 31 heavy (non-hydrogen) atoms. The van der Waals surface area contributed by atoms with Crippen molar-refractivity contribution in [3.8, 4) is 28.7 Å². The van der Waals surface area contributed by atoms with Crippen LogP contribution in [-0.4, -0.2) is 45.7 Å². The maximum Gasteiger partial charge on any atom is 0.271 e. The lowest BCUT2D eigenvalue weighted by Crippen LogP contribution is -2.18. The third-order valence-electron chi connectivity index (χ3n) is 4.04. The Balaban J connectivity index is 2.21. The van der Waals surface area contributed by atoms with Crippen LogP contribution >= 0.6 is 0 Å². The van der Waals surface area contributed by atoms with Crippen molar-refractivity contribution in [2.75, 3.05) is 33.5 Å². The van der Waals surface area contributed by atoms with E-state index in [1.807, 2.05) is 33.8 Å². The van der Waals surface area contributed by atoms with Gasteiger partial charge < -0.3 is 23.7 Å². The van der Waals surface area contributed by atoms with Crippen molar-refractivity contribution in [1.29, 1.82) is 0 Å². The van der Waals surface area contributed by atoms with E-state index in [-0.39, 0.29) is 0 Å². The number of rotatable bonds is 12. The monoisotopic (exact) mass is 430 g/mol. The van der Waals surface area contributed by atoms with Gasteiger partial charge in [0.1, 0.15) is 0 Å². The smallest absolute Gasteiger partial charge is 0.271 e. The second kappa shape index (κ2) is 12.3. The van der Waals surface area contributed by atoms with E-state index in [0.717, 1.165) is 5.56 Å². The Morgan fingerprint density at radius 1 is 0.839 bits per heavy atom. The van der Waals surface area contributed by atoms with E-state index < -0.39 is 5.91 Å². The molecule has 8 heteroatoms. The molecule has 0 fully saturated rings. The Labute approximate surface area is 183 Å². The van der Waals surface area contributed by atoms with E-state index in [9.17, 15) is 4.79 Å². The van der Waals surface area contributed by atoms with E-state index in [1.165, 1.54) is 6.21 Å². The van der Waals surface area contributed by atoms with Crippen LogP contribution in [0.3, 0.4) is 0 Å². The minimum absolute atomic E-state index is 0.344. The van der Waals surface area contributed by atoms with Crippen LogP contribution in [0.2, 0.25) is 0 Å². The van der Waals surface area contributed by atoms with Crippen molar-refractivity contribution in [3.05, 3.63) is 41.5 Å². The average molecular weight is 431 g/mol. The molecule has 2 aromatic rings. The summed E-state index contributed by atoms with van der Waals surface area (Å²) >= 11 is 0. The summed E-state index contributed by atoms with van der Waals surface area (Å²) in [5.41, 5.74) is 3.61. The first kappa shape index (κ1) is 23.9. The molecule has 0 radical (unpaired) electrons. The molecule has 0 aliphatic heterocycles. The fraction of sp³-hybridized carbons (Fsp3) is 0.391. The Kier molecular flexibility index (Phi) is 9.48. The maximum atomic E-state index is 12.7. The highest BCUT2D eigenvalue weighted by Crippen LogP contribution is 2.39. The van der Waals surface area contributed by atoms with E-state index >= 15 is 0 Å². The van der Waals surface area contributed by atoms with Gasteiger partial charge in [0.2, 0.25) is 5.75 Å². The van der Waals surface area contributed by atoms with Crippen LogP contribution in [0, 0.1) is 0 Å². The summed E-state index contributed by atoms with van der Waals surface area (Å²) in [6, 6.07) is 8.61. The van der Waals surface area contributed by atoms with Gasteiger partial charge in [-0.05, 0) is 63.6 Å². The van der Waals surface area contributed by atoms with Crippen LogP contribution in [0.5, 0.6) is 28.7 Å². The van der Waals surface area contributed by atoms with Gasteiger partial charge in [0.25, 0.3) is 5.91 Å². The zero-order valence-corrected chi connectivity index (χ0v) is 18.7. The maximum absolute atomic E-state index is 12.7. The van der Waals surface area contributed by atoms with Gasteiger partial charge in [-0.2, -0.15) is 5.10 Å². The molecule has 0 atom stereocenters. The zero-order chi connectivity index (χ0) is 22.6. The number of nitrogens with zero attached hydrogens (tertiary/aromatic N) is 1. The van der Waals surface area contributed by atoms with E-state index in [1.54, 1.807) is 31.4 Å². The molecule has 0 saturated carbocycles. The molecule has 0 aliphatic rings. The molecule has 0 aliphatic carbocycles. The molecule has 1 amide bonds. The summed E-state index contributed by atoms with van der Waals surface area (Å²) in [6.07, 6.45) is 1.53. The summed E-state index contributed by atoms with van der Waals surface area (Å²) in [5, 5.41) is 4.05. The molecule has 2 rings (SSSR count). The van der Waals surface area contributed by atoms with Crippen LogP contribution in [-0.2, 0) is 0 Å². The van der Waals surface area contributed by atoms with Crippen LogP contribution in [0.1, 0.15) is 43.6 Å². The number of carbonyl (C=O) groups is 1. The van der Waals surface area contributed by atoms with Crippen molar-refractivity contribution in [1.82, 2.24) is 5.43 Å². The molecule has 0 spiro atoms. The van der Waals surface area contributed by atoms with Gasteiger partial charge >= 0.3 is 0 Å². The molecular weight excluding hydrogens is 400 g/mol. The van der Waals surface area contributed by atoms with Gasteiger partial charge in [-0.3, -0.25) is 4.79 Å². The number of hydrogen-bond acceptors (Lipinski definition) is 7. The lowest BCUT2D eigenvalue weighted by Gasteiger charge is -2.16. The molecule has 2 aromatic carbocycles. The minimum Gasteiger partial charge on any atom is -0.493 e. The van der Waals surface area contributed by atoms with Gasteiger partial charge in [0.15, 0.2) is 23.0 Å². The highest BCUT2D eigenvalue weighted by atomic mass is 16.5. The lowest BCUT2D eigenvalue weighted by molar-refractivity contribution is 0.0954. The molecule has 0 saturated heterocycles. The van der Waals surface area contributed by atoms with Gasteiger partial charge in [0, 0.05) is 5.56 Å². The largest absolute Gasteiger partial charge is 0.493 e. The van der Waals surface area contributed by atoms with Crippen molar-refractivity contribution in [2.45, 2.75) is 27.7 Å². The predicted molar refractivity (Wildman–Crippen MR) is 119 cm³/mol. The van der Waals surface area contributed by atoms with Crippen LogP contribution in [0.25, 0.3) is 0 Å². The molecule has 1 N–H and O–H groups in total. The predicted octanol–water partition coefficient (Wildman–Crippen LogP) is 4.05. The summed E-state index contributed by atoms with van der Waals surface area (Å²) in [4.78, 5) is 12.7. The Bertz CT molecular complexity index is 871. The van der Waals surface area contributed by atoms with E-state index in [4.69, 9.17) is 23.7 Å². The van der Waals surface area contributed by atoms with E-state index in [0.29, 0.717) is 60.7 Å². The van der Waals surface area contributed by atoms with Crippen molar-refractivity contribution >= 4 is 12.1 Å². The van der Waals surface area contributed by atoms with Gasteiger partial charge in [-0.1, -0.05) is 0 Å². The standard InChI is InChI=1S/C23H30N2O6/c1-6-28-18-11-10-16(12-19(18)27-5)15-24-25-23(26)17-13-20(29-7-2)22(31-9-4)21(14-17)30-8-3/h10-15H,6-9H2,1-5H3,(H,25,26). The Hall–Kier alpha value is -3.42. The second-order valence-corrected chi connectivity index (χ2v) is 6.14. The van der Waals surface area contributed by atoms with E-state index in [2.05, 4.69) is 10.5 Å². The number of hydrogen-bond donors (Lipinski definition) is 1. The Morgan fingerprint density at radius 3 is 1.97 bits per heavy atom. The first-order chi connectivity index (χ1) is 15.1. The quantitative estimate of drug-likeness (QED) is 0.404. The second-order valence-electron chi connectivity index (χ2n) is 6.14. The Morgan fingerprint density at radius 2 is 1.42 bits per heavy atom. The molecule has 8 nitrogen and oxygen atoms in total. The van der Waals surface area contributed by atoms with Crippen LogP contribution < -0.4 is 29.1 Å². The molecule has 0 unspecified atom stereocenters. The molecular formula is C23H30N2O6. The topological polar surface area (TPSA) is 87.6 Å². The number of amides is 1. The summed E-state index contributed by atoms with van der Waals surface area (Å²) < 4.78 is 27.8. The van der Waals surface area contributed by atoms with Crippen molar-refractivity contribution in [3.63, 3.8) is 0 Å². The third kappa shape index (κ3) is 6.53. The van der Waals surface area contributed by atoms with Gasteiger partial charge in [-0.25, -0.2) is 5.43 Å². The minimum atomic E-state index is -0.404. The number of ether oxygens (including phenoxy) is 5.